The number of halogens is 1. The van der Waals surface area contributed by atoms with Gasteiger partial charge in [0.15, 0.2) is 0 Å². The first-order valence-corrected chi connectivity index (χ1v) is 12.0. The monoisotopic (exact) mass is 458 g/mol. The number of carbonyl (C=O) groups is 2. The number of unbranched alkanes of at least 4 members (excludes halogenated alkanes) is 1. The Hall–Kier alpha value is -3.47. The van der Waals surface area contributed by atoms with Gasteiger partial charge in [-0.1, -0.05) is 61.9 Å². The number of benzene rings is 3. The van der Waals surface area contributed by atoms with Crippen LogP contribution in [0.4, 0.5) is 15.8 Å². The molecule has 1 heterocycles. The van der Waals surface area contributed by atoms with Gasteiger partial charge >= 0.3 is 0 Å². The summed E-state index contributed by atoms with van der Waals surface area (Å²) in [4.78, 5) is 30.6. The van der Waals surface area contributed by atoms with Crippen molar-refractivity contribution in [2.45, 2.75) is 58.0 Å². The van der Waals surface area contributed by atoms with Crippen LogP contribution >= 0.6 is 0 Å². The number of para-hydroxylation sites is 2. The normalized spacial score (nSPS) is 17.2. The van der Waals surface area contributed by atoms with Crippen LogP contribution < -0.4 is 9.80 Å². The molecule has 4 rings (SSSR count). The molecule has 0 aromatic heterocycles. The van der Waals surface area contributed by atoms with Crippen LogP contribution in [0.1, 0.15) is 56.7 Å². The van der Waals surface area contributed by atoms with Gasteiger partial charge in [-0.3, -0.25) is 9.59 Å². The van der Waals surface area contributed by atoms with Crippen LogP contribution in [-0.2, 0) is 16.0 Å². The van der Waals surface area contributed by atoms with Crippen molar-refractivity contribution in [3.8, 4) is 0 Å². The number of nitrogens with zero attached hydrogens (tertiary/aromatic N) is 2. The van der Waals surface area contributed by atoms with Gasteiger partial charge in [-0.15, -0.1) is 0 Å². The van der Waals surface area contributed by atoms with Crippen LogP contribution in [0.25, 0.3) is 0 Å². The molecule has 5 heteroatoms. The van der Waals surface area contributed by atoms with Gasteiger partial charge < -0.3 is 9.80 Å². The van der Waals surface area contributed by atoms with Crippen molar-refractivity contribution >= 4 is 23.2 Å². The number of hydrogen-bond donors (Lipinski definition) is 0. The molecule has 176 valence electrons. The zero-order valence-electron chi connectivity index (χ0n) is 19.8. The van der Waals surface area contributed by atoms with E-state index in [-0.39, 0.29) is 36.1 Å². The van der Waals surface area contributed by atoms with E-state index in [4.69, 9.17) is 0 Å². The molecule has 0 aliphatic carbocycles. The fourth-order valence-corrected chi connectivity index (χ4v) is 4.80. The lowest BCUT2D eigenvalue weighted by Gasteiger charge is -2.43. The number of fused-ring (bicyclic) bond motifs is 1. The van der Waals surface area contributed by atoms with Crippen LogP contribution in [0, 0.1) is 5.82 Å². The second-order valence-corrected chi connectivity index (χ2v) is 8.93. The molecule has 3 aromatic carbocycles. The van der Waals surface area contributed by atoms with E-state index in [1.54, 1.807) is 12.1 Å². The minimum Gasteiger partial charge on any atom is -0.309 e. The standard InChI is InChI=1S/C29H31FN2O2/c1-3-4-14-28(33)31-21(2)19-27(25-12-8-9-13-26(25)31)32(24-10-6-5-7-11-24)29(34)20-22-15-17-23(30)18-16-22/h5-13,15-18,21,27H,3-4,14,19-20H2,1-2H3/t21-,27-/m1/s1. The topological polar surface area (TPSA) is 40.6 Å². The molecule has 1 aliphatic rings. The third kappa shape index (κ3) is 5.04. The highest BCUT2D eigenvalue weighted by Gasteiger charge is 2.38. The van der Waals surface area contributed by atoms with Crippen molar-refractivity contribution in [3.63, 3.8) is 0 Å². The smallest absolute Gasteiger partial charge is 0.231 e. The fourth-order valence-electron chi connectivity index (χ4n) is 4.80. The molecule has 0 bridgehead atoms. The first-order valence-electron chi connectivity index (χ1n) is 12.0. The Bertz CT molecular complexity index is 1130. The van der Waals surface area contributed by atoms with E-state index in [2.05, 4.69) is 13.8 Å². The van der Waals surface area contributed by atoms with E-state index < -0.39 is 0 Å². The Morgan fingerprint density at radius 1 is 0.971 bits per heavy atom. The SMILES string of the molecule is CCCCC(=O)N1c2ccccc2[C@H](N(C(=O)Cc2ccc(F)cc2)c2ccccc2)C[C@H]1C. The molecule has 0 spiro atoms. The van der Waals surface area contributed by atoms with Crippen molar-refractivity contribution in [3.05, 3.63) is 95.8 Å². The van der Waals surface area contributed by atoms with Gasteiger partial charge in [0.25, 0.3) is 0 Å². The summed E-state index contributed by atoms with van der Waals surface area (Å²) in [7, 11) is 0. The van der Waals surface area contributed by atoms with Gasteiger partial charge in [-0.25, -0.2) is 4.39 Å². The molecule has 0 N–H and O–H groups in total. The molecule has 3 aromatic rings. The molecule has 1 aliphatic heterocycles. The molecule has 0 saturated carbocycles. The molecular formula is C29H31FN2O2. The van der Waals surface area contributed by atoms with Gasteiger partial charge in [0.2, 0.25) is 11.8 Å². The molecule has 0 saturated heterocycles. The van der Waals surface area contributed by atoms with Crippen molar-refractivity contribution in [1.82, 2.24) is 0 Å². The Balaban J connectivity index is 1.72. The maximum Gasteiger partial charge on any atom is 0.231 e. The van der Waals surface area contributed by atoms with Crippen molar-refractivity contribution in [1.29, 1.82) is 0 Å². The third-order valence-electron chi connectivity index (χ3n) is 6.46. The van der Waals surface area contributed by atoms with E-state index in [0.717, 1.165) is 35.3 Å². The van der Waals surface area contributed by atoms with Crippen LogP contribution in [0.15, 0.2) is 78.9 Å². The lowest BCUT2D eigenvalue weighted by molar-refractivity contribution is -0.119. The zero-order chi connectivity index (χ0) is 24.1. The van der Waals surface area contributed by atoms with Crippen molar-refractivity contribution in [2.24, 2.45) is 0 Å². The van der Waals surface area contributed by atoms with Crippen LogP contribution in [0.2, 0.25) is 0 Å². The summed E-state index contributed by atoms with van der Waals surface area (Å²) in [5.41, 5.74) is 3.43. The quantitative estimate of drug-likeness (QED) is 0.408. The van der Waals surface area contributed by atoms with Gasteiger partial charge in [-0.2, -0.15) is 0 Å². The minimum absolute atomic E-state index is 0.0471. The number of anilines is 2. The summed E-state index contributed by atoms with van der Waals surface area (Å²) in [5.74, 6) is -0.251. The summed E-state index contributed by atoms with van der Waals surface area (Å²) in [6.07, 6.45) is 3.16. The van der Waals surface area contributed by atoms with Gasteiger partial charge in [0, 0.05) is 23.8 Å². The Morgan fingerprint density at radius 2 is 1.65 bits per heavy atom. The summed E-state index contributed by atoms with van der Waals surface area (Å²) in [6.45, 7) is 4.14. The maximum atomic E-state index is 13.7. The average molecular weight is 459 g/mol. The molecular weight excluding hydrogens is 427 g/mol. The molecule has 0 radical (unpaired) electrons. The highest BCUT2D eigenvalue weighted by Crippen LogP contribution is 2.42. The average Bonchev–Trinajstić information content (AvgIpc) is 2.85. The minimum atomic E-state index is -0.320. The lowest BCUT2D eigenvalue weighted by Crippen LogP contribution is -2.48. The predicted molar refractivity (Wildman–Crippen MR) is 134 cm³/mol. The first-order chi connectivity index (χ1) is 16.5. The van der Waals surface area contributed by atoms with Gasteiger partial charge in [0.1, 0.15) is 5.82 Å². The van der Waals surface area contributed by atoms with Crippen LogP contribution in [0.3, 0.4) is 0 Å². The largest absolute Gasteiger partial charge is 0.309 e. The third-order valence-corrected chi connectivity index (χ3v) is 6.46. The molecule has 34 heavy (non-hydrogen) atoms. The maximum absolute atomic E-state index is 13.7. The predicted octanol–water partition coefficient (Wildman–Crippen LogP) is 6.46. The summed E-state index contributed by atoms with van der Waals surface area (Å²) in [5, 5.41) is 0. The van der Waals surface area contributed by atoms with Crippen molar-refractivity contribution < 1.29 is 14.0 Å². The number of hydrogen-bond acceptors (Lipinski definition) is 2. The van der Waals surface area contributed by atoms with Gasteiger partial charge in [0.05, 0.1) is 12.5 Å². The zero-order valence-corrected chi connectivity index (χ0v) is 19.8. The van der Waals surface area contributed by atoms with Crippen LogP contribution in [-0.4, -0.2) is 17.9 Å². The van der Waals surface area contributed by atoms with E-state index in [0.29, 0.717) is 12.8 Å². The highest BCUT2D eigenvalue weighted by molar-refractivity contribution is 5.98. The highest BCUT2D eigenvalue weighted by atomic mass is 19.1. The van der Waals surface area contributed by atoms with E-state index in [1.807, 2.05) is 64.4 Å². The summed E-state index contributed by atoms with van der Waals surface area (Å²) in [6, 6.07) is 23.4. The molecule has 2 amide bonds. The van der Waals surface area contributed by atoms with Gasteiger partial charge in [-0.05, 0) is 61.2 Å². The molecule has 4 nitrogen and oxygen atoms in total. The molecule has 2 atom stereocenters. The first kappa shape index (κ1) is 23.7. The second kappa shape index (κ2) is 10.6. The molecule has 0 fully saturated rings. The fraction of sp³-hybridized carbons (Fsp3) is 0.310. The second-order valence-electron chi connectivity index (χ2n) is 8.93. The van der Waals surface area contributed by atoms with Crippen molar-refractivity contribution in [2.75, 3.05) is 9.80 Å². The van der Waals surface area contributed by atoms with E-state index in [9.17, 15) is 14.0 Å². The molecule has 0 unspecified atom stereocenters. The lowest BCUT2D eigenvalue weighted by atomic mass is 9.89. The Morgan fingerprint density at radius 3 is 2.35 bits per heavy atom. The Labute approximate surface area is 201 Å². The number of amides is 2. The summed E-state index contributed by atoms with van der Waals surface area (Å²) < 4.78 is 13.4. The number of rotatable bonds is 7. The van der Waals surface area contributed by atoms with E-state index >= 15 is 0 Å². The van der Waals surface area contributed by atoms with E-state index in [1.165, 1.54) is 12.1 Å². The Kier molecular flexibility index (Phi) is 7.41. The van der Waals surface area contributed by atoms with Crippen LogP contribution in [0.5, 0.6) is 0 Å². The number of carbonyl (C=O) groups excluding carboxylic acids is 2. The summed E-state index contributed by atoms with van der Waals surface area (Å²) >= 11 is 0.